The van der Waals surface area contributed by atoms with Gasteiger partial charge in [0, 0.05) is 18.7 Å². The molecule has 138 valence electrons. The number of carbonyl (C=O) groups is 1. The quantitative estimate of drug-likeness (QED) is 0.640. The van der Waals surface area contributed by atoms with Gasteiger partial charge >= 0.3 is 0 Å². The molecule has 1 amide bonds. The number of amides is 1. The maximum atomic E-state index is 11.2. The van der Waals surface area contributed by atoms with E-state index in [-0.39, 0.29) is 5.91 Å². The zero-order valence-corrected chi connectivity index (χ0v) is 15.3. The van der Waals surface area contributed by atoms with E-state index in [4.69, 9.17) is 14.2 Å². The number of para-hydroxylation sites is 1. The molecule has 0 aliphatic carbocycles. The summed E-state index contributed by atoms with van der Waals surface area (Å²) in [4.78, 5) is 11.2. The molecule has 3 rings (SSSR count). The summed E-state index contributed by atoms with van der Waals surface area (Å²) >= 11 is 0. The number of anilines is 1. The molecule has 1 N–H and O–H groups in total. The third-order valence-corrected chi connectivity index (χ3v) is 3.78. The lowest BCUT2D eigenvalue weighted by atomic mass is 10.2. The van der Waals surface area contributed by atoms with E-state index in [1.54, 1.807) is 25.3 Å². The topological polar surface area (TPSA) is 56.8 Å². The summed E-state index contributed by atoms with van der Waals surface area (Å²) in [5, 5.41) is 2.72. The van der Waals surface area contributed by atoms with Gasteiger partial charge in [0.05, 0.1) is 7.11 Å². The predicted molar refractivity (Wildman–Crippen MR) is 105 cm³/mol. The highest BCUT2D eigenvalue weighted by Crippen LogP contribution is 2.31. The van der Waals surface area contributed by atoms with Crippen molar-refractivity contribution >= 4 is 11.6 Å². The molecule has 3 aromatic carbocycles. The van der Waals surface area contributed by atoms with Crippen molar-refractivity contribution in [2.75, 3.05) is 12.4 Å². The molecule has 0 unspecified atom stereocenters. The van der Waals surface area contributed by atoms with Crippen molar-refractivity contribution in [1.82, 2.24) is 0 Å². The molecule has 5 heteroatoms. The SMILES string of the molecule is COc1cc(NC(C)=O)ccc1OCc1ccc(Oc2ccccc2)cc1. The van der Waals surface area contributed by atoms with E-state index in [0.717, 1.165) is 17.1 Å². The first-order valence-corrected chi connectivity index (χ1v) is 8.54. The van der Waals surface area contributed by atoms with Crippen LogP contribution in [0.1, 0.15) is 12.5 Å². The smallest absolute Gasteiger partial charge is 0.221 e. The second kappa shape index (κ2) is 8.76. The van der Waals surface area contributed by atoms with Crippen molar-refractivity contribution in [3.8, 4) is 23.0 Å². The number of nitrogens with one attached hydrogen (secondary N) is 1. The van der Waals surface area contributed by atoms with Crippen LogP contribution in [0.4, 0.5) is 5.69 Å². The van der Waals surface area contributed by atoms with Gasteiger partial charge in [0.15, 0.2) is 11.5 Å². The fraction of sp³-hybridized carbons (Fsp3) is 0.136. The Morgan fingerprint density at radius 1 is 0.889 bits per heavy atom. The third kappa shape index (κ3) is 5.25. The summed E-state index contributed by atoms with van der Waals surface area (Å²) in [5.41, 5.74) is 1.66. The predicted octanol–water partition coefficient (Wildman–Crippen LogP) is 5.02. The highest BCUT2D eigenvalue weighted by Gasteiger charge is 2.07. The zero-order chi connectivity index (χ0) is 19.1. The number of ether oxygens (including phenoxy) is 3. The number of hydrogen-bond acceptors (Lipinski definition) is 4. The molecule has 0 radical (unpaired) electrons. The fourth-order valence-electron chi connectivity index (χ4n) is 2.51. The Morgan fingerprint density at radius 2 is 1.59 bits per heavy atom. The molecule has 5 nitrogen and oxygen atoms in total. The van der Waals surface area contributed by atoms with Gasteiger partial charge in [-0.1, -0.05) is 30.3 Å². The molecule has 0 aliphatic heterocycles. The van der Waals surface area contributed by atoms with Crippen LogP contribution in [0.3, 0.4) is 0 Å². The molecule has 0 fully saturated rings. The van der Waals surface area contributed by atoms with Crippen molar-refractivity contribution < 1.29 is 19.0 Å². The van der Waals surface area contributed by atoms with Crippen molar-refractivity contribution in [2.24, 2.45) is 0 Å². The summed E-state index contributed by atoms with van der Waals surface area (Å²) in [6, 6.07) is 22.6. The number of rotatable bonds is 7. The summed E-state index contributed by atoms with van der Waals surface area (Å²) in [6.45, 7) is 1.85. The largest absolute Gasteiger partial charge is 0.493 e. The molecule has 0 bridgehead atoms. The van der Waals surface area contributed by atoms with Crippen molar-refractivity contribution in [3.05, 3.63) is 78.4 Å². The second-order valence-electron chi connectivity index (χ2n) is 5.89. The van der Waals surface area contributed by atoms with E-state index in [2.05, 4.69) is 5.32 Å². The molecule has 27 heavy (non-hydrogen) atoms. The van der Waals surface area contributed by atoms with Crippen molar-refractivity contribution in [2.45, 2.75) is 13.5 Å². The molecular weight excluding hydrogens is 342 g/mol. The third-order valence-electron chi connectivity index (χ3n) is 3.78. The van der Waals surface area contributed by atoms with Gasteiger partial charge in [0.1, 0.15) is 18.1 Å². The normalized spacial score (nSPS) is 10.1. The highest BCUT2D eigenvalue weighted by molar-refractivity contribution is 5.89. The Bertz CT molecular complexity index is 892. The average Bonchev–Trinajstić information content (AvgIpc) is 2.68. The van der Waals surface area contributed by atoms with Crippen LogP contribution in [0, 0.1) is 0 Å². The monoisotopic (exact) mass is 363 g/mol. The molecule has 0 atom stereocenters. The van der Waals surface area contributed by atoms with E-state index < -0.39 is 0 Å². The lowest BCUT2D eigenvalue weighted by Gasteiger charge is -2.13. The van der Waals surface area contributed by atoms with Gasteiger partial charge in [-0.25, -0.2) is 0 Å². The van der Waals surface area contributed by atoms with Crippen LogP contribution in [-0.2, 0) is 11.4 Å². The molecular formula is C22H21NO4. The van der Waals surface area contributed by atoms with Gasteiger partial charge in [-0.15, -0.1) is 0 Å². The van der Waals surface area contributed by atoms with Crippen LogP contribution in [0.25, 0.3) is 0 Å². The zero-order valence-electron chi connectivity index (χ0n) is 15.3. The molecule has 3 aromatic rings. The average molecular weight is 363 g/mol. The van der Waals surface area contributed by atoms with E-state index in [0.29, 0.717) is 23.8 Å². The van der Waals surface area contributed by atoms with Crippen LogP contribution in [0.15, 0.2) is 72.8 Å². The fourth-order valence-corrected chi connectivity index (χ4v) is 2.51. The summed E-state index contributed by atoms with van der Waals surface area (Å²) < 4.78 is 17.0. The summed E-state index contributed by atoms with van der Waals surface area (Å²) in [6.07, 6.45) is 0. The lowest BCUT2D eigenvalue weighted by Crippen LogP contribution is -2.06. The number of hydrogen-bond donors (Lipinski definition) is 1. The Labute approximate surface area is 158 Å². The minimum absolute atomic E-state index is 0.136. The summed E-state index contributed by atoms with van der Waals surface area (Å²) in [5.74, 6) is 2.60. The Balaban J connectivity index is 1.62. The number of benzene rings is 3. The van der Waals surface area contributed by atoms with Gasteiger partial charge in [-0.3, -0.25) is 4.79 Å². The van der Waals surface area contributed by atoms with Gasteiger partial charge in [-0.2, -0.15) is 0 Å². The minimum atomic E-state index is -0.136. The molecule has 0 saturated carbocycles. The Morgan fingerprint density at radius 3 is 2.26 bits per heavy atom. The Hall–Kier alpha value is -3.47. The maximum absolute atomic E-state index is 11.2. The van der Waals surface area contributed by atoms with Gasteiger partial charge in [-0.05, 0) is 42.0 Å². The molecule has 0 saturated heterocycles. The van der Waals surface area contributed by atoms with Crippen LogP contribution in [0.2, 0.25) is 0 Å². The maximum Gasteiger partial charge on any atom is 0.221 e. The van der Waals surface area contributed by atoms with Gasteiger partial charge in [0.2, 0.25) is 5.91 Å². The minimum Gasteiger partial charge on any atom is -0.493 e. The van der Waals surface area contributed by atoms with Crippen molar-refractivity contribution in [1.29, 1.82) is 0 Å². The number of carbonyl (C=O) groups excluding carboxylic acids is 1. The van der Waals surface area contributed by atoms with Crippen molar-refractivity contribution in [3.63, 3.8) is 0 Å². The van der Waals surface area contributed by atoms with E-state index in [9.17, 15) is 4.79 Å². The number of methoxy groups -OCH3 is 1. The van der Waals surface area contributed by atoms with E-state index in [1.165, 1.54) is 6.92 Å². The Kier molecular flexibility index (Phi) is 5.94. The van der Waals surface area contributed by atoms with Crippen LogP contribution >= 0.6 is 0 Å². The second-order valence-corrected chi connectivity index (χ2v) is 5.89. The standard InChI is InChI=1S/C22H21NO4/c1-16(24)23-18-10-13-21(22(14-18)25-2)26-15-17-8-11-20(12-9-17)27-19-6-4-3-5-7-19/h3-14H,15H2,1-2H3,(H,23,24). The first-order chi connectivity index (χ1) is 13.1. The summed E-state index contributed by atoms with van der Waals surface area (Å²) in [7, 11) is 1.56. The van der Waals surface area contributed by atoms with Gasteiger partial charge in [0.25, 0.3) is 0 Å². The molecule has 0 aromatic heterocycles. The van der Waals surface area contributed by atoms with Crippen LogP contribution < -0.4 is 19.5 Å². The van der Waals surface area contributed by atoms with Crippen LogP contribution in [0.5, 0.6) is 23.0 Å². The van der Waals surface area contributed by atoms with Crippen LogP contribution in [-0.4, -0.2) is 13.0 Å². The molecule has 0 aliphatic rings. The van der Waals surface area contributed by atoms with Gasteiger partial charge < -0.3 is 19.5 Å². The molecule has 0 spiro atoms. The molecule has 0 heterocycles. The van der Waals surface area contributed by atoms with E-state index in [1.807, 2.05) is 54.6 Å². The first-order valence-electron chi connectivity index (χ1n) is 8.54. The lowest BCUT2D eigenvalue weighted by molar-refractivity contribution is -0.114. The van der Waals surface area contributed by atoms with E-state index >= 15 is 0 Å². The highest BCUT2D eigenvalue weighted by atomic mass is 16.5. The first kappa shape index (κ1) is 18.3.